The van der Waals surface area contributed by atoms with Gasteiger partial charge in [-0.05, 0) is 65.8 Å². The van der Waals surface area contributed by atoms with Gasteiger partial charge in [0.1, 0.15) is 23.9 Å². The molecule has 0 radical (unpaired) electrons. The molecule has 0 amide bonds. The summed E-state index contributed by atoms with van der Waals surface area (Å²) < 4.78 is 18.2. The lowest BCUT2D eigenvalue weighted by atomic mass is 10.1. The maximum absolute atomic E-state index is 11.7. The minimum Gasteiger partial charge on any atom is -0.493 e. The lowest BCUT2D eigenvalue weighted by molar-refractivity contribution is -0.134. The van der Waals surface area contributed by atoms with Gasteiger partial charge in [-0.25, -0.2) is 0 Å². The van der Waals surface area contributed by atoms with Crippen LogP contribution in [0.4, 0.5) is 0 Å². The fraction of sp³-hybridized carbons (Fsp3) is 0.350. The van der Waals surface area contributed by atoms with Crippen LogP contribution in [0.15, 0.2) is 36.4 Å². The molecule has 0 atom stereocenters. The third-order valence-corrected chi connectivity index (χ3v) is 4.70. The van der Waals surface area contributed by atoms with Crippen molar-refractivity contribution in [2.24, 2.45) is 0 Å². The van der Waals surface area contributed by atoms with E-state index < -0.39 is 0 Å². The second-order valence-electron chi connectivity index (χ2n) is 5.39. The summed E-state index contributed by atoms with van der Waals surface area (Å²) in [4.78, 5) is 11.7. The van der Waals surface area contributed by atoms with E-state index in [1.165, 1.54) is 9.13 Å². The smallest absolute Gasteiger partial charge is 0.310 e. The predicted molar refractivity (Wildman–Crippen MR) is 106 cm³/mol. The van der Waals surface area contributed by atoms with Crippen molar-refractivity contribution in [2.75, 3.05) is 6.61 Å². The molecule has 0 heterocycles. The van der Waals surface area contributed by atoms with Gasteiger partial charge in [-0.3, -0.25) is 4.79 Å². The van der Waals surface area contributed by atoms with Gasteiger partial charge in [0.05, 0.1) is 12.2 Å². The highest BCUT2D eigenvalue weighted by Crippen LogP contribution is 2.31. The van der Waals surface area contributed by atoms with Crippen LogP contribution in [-0.4, -0.2) is 12.6 Å². The van der Waals surface area contributed by atoms with Crippen LogP contribution in [0.25, 0.3) is 0 Å². The number of hydrogen-bond donors (Lipinski definition) is 0. The van der Waals surface area contributed by atoms with Gasteiger partial charge in [0.25, 0.3) is 0 Å². The van der Waals surface area contributed by atoms with Crippen LogP contribution < -0.4 is 14.2 Å². The van der Waals surface area contributed by atoms with Crippen molar-refractivity contribution < 1.29 is 19.0 Å². The molecule has 2 rings (SSSR count). The summed E-state index contributed by atoms with van der Waals surface area (Å²) in [6.07, 6.45) is 1.30. The Morgan fingerprint density at radius 3 is 2.44 bits per heavy atom. The van der Waals surface area contributed by atoms with Crippen molar-refractivity contribution in [1.82, 2.24) is 0 Å². The molecular weight excluding hydrogens is 431 g/mol. The molecular formula is C20H23IO4. The van der Waals surface area contributed by atoms with E-state index in [1.54, 1.807) is 13.0 Å². The van der Waals surface area contributed by atoms with Crippen LogP contribution >= 0.6 is 22.6 Å². The van der Waals surface area contributed by atoms with Crippen molar-refractivity contribution in [3.63, 3.8) is 0 Å². The molecule has 134 valence electrons. The highest BCUT2D eigenvalue weighted by Gasteiger charge is 2.14. The van der Waals surface area contributed by atoms with Gasteiger partial charge in [0.15, 0.2) is 0 Å². The molecule has 2 aromatic rings. The quantitative estimate of drug-likeness (QED) is 0.315. The Labute approximate surface area is 162 Å². The predicted octanol–water partition coefficient (Wildman–Crippen LogP) is 5.15. The number of rotatable bonds is 8. The number of halogens is 1. The van der Waals surface area contributed by atoms with E-state index in [9.17, 15) is 4.79 Å². The highest BCUT2D eigenvalue weighted by molar-refractivity contribution is 14.1. The Hall–Kier alpha value is -1.76. The minimum absolute atomic E-state index is 0.268. The summed E-state index contributed by atoms with van der Waals surface area (Å²) in [5.74, 6) is 1.65. The fourth-order valence-electron chi connectivity index (χ4n) is 2.33. The summed E-state index contributed by atoms with van der Waals surface area (Å²) in [7, 11) is 0. The Kier molecular flexibility index (Phi) is 7.55. The van der Waals surface area contributed by atoms with Crippen LogP contribution in [0.3, 0.4) is 0 Å². The van der Waals surface area contributed by atoms with Gasteiger partial charge in [0, 0.05) is 9.99 Å². The van der Waals surface area contributed by atoms with E-state index in [0.29, 0.717) is 24.5 Å². The Balaban J connectivity index is 2.23. The molecule has 0 bridgehead atoms. The summed E-state index contributed by atoms with van der Waals surface area (Å²) in [6, 6.07) is 11.5. The first-order chi connectivity index (χ1) is 12.1. The van der Waals surface area contributed by atoms with Crippen molar-refractivity contribution in [3.05, 3.63) is 51.1 Å². The average Bonchev–Trinajstić information content (AvgIpc) is 2.61. The maximum atomic E-state index is 11.7. The number of esters is 1. The zero-order valence-electron chi connectivity index (χ0n) is 14.8. The number of carbonyl (C=O) groups is 1. The zero-order valence-corrected chi connectivity index (χ0v) is 17.0. The SMILES string of the molecule is CCOc1cccc(OC(=O)CC)c1COc1ccc(CC)c(I)c1. The maximum Gasteiger partial charge on any atom is 0.310 e. The minimum atomic E-state index is -0.281. The van der Waals surface area contributed by atoms with Gasteiger partial charge in [-0.15, -0.1) is 0 Å². The number of carbonyl (C=O) groups excluding carboxylic acids is 1. The first kappa shape index (κ1) is 19.6. The summed E-state index contributed by atoms with van der Waals surface area (Å²) in [5, 5.41) is 0. The molecule has 0 fully saturated rings. The van der Waals surface area contributed by atoms with Crippen LogP contribution in [0.2, 0.25) is 0 Å². The Morgan fingerprint density at radius 1 is 1.04 bits per heavy atom. The molecule has 0 aliphatic carbocycles. The fourth-order valence-corrected chi connectivity index (χ4v) is 3.20. The first-order valence-corrected chi connectivity index (χ1v) is 9.53. The average molecular weight is 454 g/mol. The van der Waals surface area contributed by atoms with E-state index in [2.05, 4.69) is 35.6 Å². The Bertz CT molecular complexity index is 728. The number of ether oxygens (including phenoxy) is 3. The molecule has 0 aliphatic heterocycles. The van der Waals surface area contributed by atoms with Gasteiger partial charge in [-0.1, -0.05) is 26.0 Å². The third kappa shape index (κ3) is 5.36. The topological polar surface area (TPSA) is 44.8 Å². The third-order valence-electron chi connectivity index (χ3n) is 3.69. The number of benzene rings is 2. The van der Waals surface area contributed by atoms with Gasteiger partial charge in [-0.2, -0.15) is 0 Å². The molecule has 0 unspecified atom stereocenters. The molecule has 2 aromatic carbocycles. The van der Waals surface area contributed by atoms with Gasteiger partial charge in [0.2, 0.25) is 0 Å². The van der Waals surface area contributed by atoms with Crippen molar-refractivity contribution in [1.29, 1.82) is 0 Å². The van der Waals surface area contributed by atoms with E-state index in [1.807, 2.05) is 31.2 Å². The number of hydrogen-bond acceptors (Lipinski definition) is 4. The molecule has 0 saturated carbocycles. The normalized spacial score (nSPS) is 10.4. The molecule has 4 nitrogen and oxygen atoms in total. The second kappa shape index (κ2) is 9.65. The van der Waals surface area contributed by atoms with Crippen molar-refractivity contribution in [3.8, 4) is 17.2 Å². The lowest BCUT2D eigenvalue weighted by Gasteiger charge is -2.16. The van der Waals surface area contributed by atoms with E-state index in [0.717, 1.165) is 17.7 Å². The van der Waals surface area contributed by atoms with Crippen LogP contribution in [0.5, 0.6) is 17.2 Å². The summed E-state index contributed by atoms with van der Waals surface area (Å²) >= 11 is 2.31. The molecule has 0 saturated heterocycles. The van der Waals surface area contributed by atoms with Crippen LogP contribution in [0.1, 0.15) is 38.3 Å². The lowest BCUT2D eigenvalue weighted by Crippen LogP contribution is -2.10. The molecule has 0 aliphatic rings. The monoisotopic (exact) mass is 454 g/mol. The molecule has 5 heteroatoms. The molecule has 0 N–H and O–H groups in total. The van der Waals surface area contributed by atoms with Gasteiger partial charge >= 0.3 is 5.97 Å². The second-order valence-corrected chi connectivity index (χ2v) is 6.55. The molecule has 0 aromatic heterocycles. The standard InChI is InChI=1S/C20H23IO4/c1-4-14-10-11-15(12-17(14)21)24-13-16-18(23-6-3)8-7-9-19(16)25-20(22)5-2/h7-12H,4-6,13H2,1-3H3. The summed E-state index contributed by atoms with van der Waals surface area (Å²) in [5.41, 5.74) is 2.03. The first-order valence-electron chi connectivity index (χ1n) is 8.45. The van der Waals surface area contributed by atoms with E-state index in [4.69, 9.17) is 14.2 Å². The van der Waals surface area contributed by atoms with Crippen molar-refractivity contribution in [2.45, 2.75) is 40.2 Å². The van der Waals surface area contributed by atoms with Gasteiger partial charge < -0.3 is 14.2 Å². The van der Waals surface area contributed by atoms with Crippen LogP contribution in [-0.2, 0) is 17.8 Å². The zero-order chi connectivity index (χ0) is 18.2. The summed E-state index contributed by atoms with van der Waals surface area (Å²) in [6.45, 7) is 6.61. The Morgan fingerprint density at radius 2 is 1.80 bits per heavy atom. The van der Waals surface area contributed by atoms with E-state index in [-0.39, 0.29) is 12.6 Å². The van der Waals surface area contributed by atoms with Crippen molar-refractivity contribution >= 4 is 28.6 Å². The largest absolute Gasteiger partial charge is 0.493 e. The van der Waals surface area contributed by atoms with Crippen LogP contribution in [0, 0.1) is 3.57 Å². The number of aryl methyl sites for hydroxylation is 1. The molecule has 25 heavy (non-hydrogen) atoms. The molecule has 0 spiro atoms. The van der Waals surface area contributed by atoms with E-state index >= 15 is 0 Å². The highest BCUT2D eigenvalue weighted by atomic mass is 127.